The molecule has 2 rings (SSSR count). The smallest absolute Gasteiger partial charge is 0.227 e. The van der Waals surface area contributed by atoms with E-state index in [1.54, 1.807) is 11.3 Å². The number of hydrogen-bond acceptors (Lipinski definition) is 5. The van der Waals surface area contributed by atoms with Gasteiger partial charge in [-0.25, -0.2) is 0 Å². The molecule has 0 amide bonds. The van der Waals surface area contributed by atoms with Crippen molar-refractivity contribution in [2.75, 3.05) is 7.05 Å². The highest BCUT2D eigenvalue weighted by Gasteiger charge is 2.09. The minimum atomic E-state index is 0. The first-order valence-corrected chi connectivity index (χ1v) is 7.09. The summed E-state index contributed by atoms with van der Waals surface area (Å²) in [6, 6.07) is 4.30. The number of nitrogens with zero attached hydrogens (tertiary/aromatic N) is 2. The lowest BCUT2D eigenvalue weighted by molar-refractivity contribution is 0.371. The summed E-state index contributed by atoms with van der Waals surface area (Å²) in [5.74, 6) is 1.45. The Labute approximate surface area is 128 Å². The van der Waals surface area contributed by atoms with Gasteiger partial charge < -0.3 is 9.84 Å². The van der Waals surface area contributed by atoms with Crippen molar-refractivity contribution in [1.29, 1.82) is 0 Å². The molecule has 0 saturated carbocycles. The zero-order chi connectivity index (χ0) is 13.0. The molecule has 19 heavy (non-hydrogen) atoms. The third-order valence-corrected chi connectivity index (χ3v) is 4.00. The lowest BCUT2D eigenvalue weighted by atomic mass is 10.2. The van der Waals surface area contributed by atoms with Gasteiger partial charge in [0, 0.05) is 23.8 Å². The third-order valence-electron chi connectivity index (χ3n) is 2.71. The molecule has 2 heterocycles. The molecule has 2 aromatic rings. The number of rotatable bonds is 6. The SMILES string of the molecule is CNC(C)Cc1noc(CCc2ccc(Cl)s2)n1.Cl. The van der Waals surface area contributed by atoms with E-state index in [1.165, 1.54) is 4.88 Å². The summed E-state index contributed by atoms with van der Waals surface area (Å²) in [5, 5.41) is 7.12. The Balaban J connectivity index is 0.00000180. The molecule has 0 radical (unpaired) electrons. The summed E-state index contributed by atoms with van der Waals surface area (Å²) in [5.41, 5.74) is 0. The van der Waals surface area contributed by atoms with Crippen molar-refractivity contribution >= 4 is 35.3 Å². The maximum atomic E-state index is 5.88. The van der Waals surface area contributed by atoms with E-state index in [0.717, 1.165) is 29.4 Å². The van der Waals surface area contributed by atoms with Crippen LogP contribution in [0.1, 0.15) is 23.5 Å². The normalized spacial score (nSPS) is 12.2. The Hall–Kier alpha value is -0.620. The highest BCUT2D eigenvalue weighted by atomic mass is 35.5. The Kier molecular flexibility index (Phi) is 6.79. The number of aromatic nitrogens is 2. The molecule has 0 fully saturated rings. The molecule has 7 heteroatoms. The molecule has 1 atom stereocenters. The molecule has 4 nitrogen and oxygen atoms in total. The summed E-state index contributed by atoms with van der Waals surface area (Å²) >= 11 is 7.47. The van der Waals surface area contributed by atoms with Crippen LogP contribution in [-0.2, 0) is 19.3 Å². The van der Waals surface area contributed by atoms with Gasteiger partial charge in [0.15, 0.2) is 5.82 Å². The van der Waals surface area contributed by atoms with Gasteiger partial charge in [-0.3, -0.25) is 0 Å². The zero-order valence-electron chi connectivity index (χ0n) is 10.9. The van der Waals surface area contributed by atoms with Crippen LogP contribution >= 0.6 is 35.3 Å². The van der Waals surface area contributed by atoms with E-state index in [1.807, 2.05) is 19.2 Å². The predicted octanol–water partition coefficient (Wildman–Crippen LogP) is 3.14. The third kappa shape index (κ3) is 5.10. The molecule has 1 unspecified atom stereocenters. The molecular formula is C12H17Cl2N3OS. The van der Waals surface area contributed by atoms with E-state index < -0.39 is 0 Å². The number of aryl methyl sites for hydroxylation is 2. The highest BCUT2D eigenvalue weighted by molar-refractivity contribution is 7.16. The monoisotopic (exact) mass is 321 g/mol. The molecular weight excluding hydrogens is 305 g/mol. The molecule has 0 aliphatic heterocycles. The van der Waals surface area contributed by atoms with E-state index in [-0.39, 0.29) is 12.4 Å². The van der Waals surface area contributed by atoms with Gasteiger partial charge in [0.25, 0.3) is 0 Å². The lowest BCUT2D eigenvalue weighted by Crippen LogP contribution is -2.24. The van der Waals surface area contributed by atoms with Crippen molar-refractivity contribution in [3.05, 3.63) is 33.1 Å². The summed E-state index contributed by atoms with van der Waals surface area (Å²) in [6.45, 7) is 2.09. The predicted molar refractivity (Wildman–Crippen MR) is 80.5 cm³/mol. The molecule has 2 aromatic heterocycles. The van der Waals surface area contributed by atoms with Gasteiger partial charge >= 0.3 is 0 Å². The fourth-order valence-electron chi connectivity index (χ4n) is 1.57. The first-order valence-electron chi connectivity index (χ1n) is 5.90. The van der Waals surface area contributed by atoms with Gasteiger partial charge in [-0.2, -0.15) is 4.98 Å². The highest BCUT2D eigenvalue weighted by Crippen LogP contribution is 2.22. The van der Waals surface area contributed by atoms with Crippen LogP contribution in [0.4, 0.5) is 0 Å². The van der Waals surface area contributed by atoms with Gasteiger partial charge in [0.05, 0.1) is 4.34 Å². The second-order valence-electron chi connectivity index (χ2n) is 4.20. The van der Waals surface area contributed by atoms with Crippen LogP contribution < -0.4 is 5.32 Å². The van der Waals surface area contributed by atoms with Crippen LogP contribution in [0.15, 0.2) is 16.7 Å². The van der Waals surface area contributed by atoms with Crippen molar-refractivity contribution in [2.45, 2.75) is 32.2 Å². The molecule has 0 aliphatic rings. The lowest BCUT2D eigenvalue weighted by Gasteiger charge is -2.04. The van der Waals surface area contributed by atoms with Gasteiger partial charge in [-0.15, -0.1) is 23.7 Å². The van der Waals surface area contributed by atoms with Crippen molar-refractivity contribution in [1.82, 2.24) is 15.5 Å². The fourth-order valence-corrected chi connectivity index (χ4v) is 2.65. The Morgan fingerprint density at radius 3 is 2.84 bits per heavy atom. The van der Waals surface area contributed by atoms with Crippen molar-refractivity contribution < 1.29 is 4.52 Å². The minimum Gasteiger partial charge on any atom is -0.339 e. The first-order chi connectivity index (χ1) is 8.67. The fraction of sp³-hybridized carbons (Fsp3) is 0.500. The van der Waals surface area contributed by atoms with Crippen molar-refractivity contribution in [3.63, 3.8) is 0 Å². The number of hydrogen-bond donors (Lipinski definition) is 1. The van der Waals surface area contributed by atoms with Crippen molar-refractivity contribution in [2.24, 2.45) is 0 Å². The Bertz CT molecular complexity index is 501. The van der Waals surface area contributed by atoms with Gasteiger partial charge in [-0.05, 0) is 32.5 Å². The first kappa shape index (κ1) is 16.4. The van der Waals surface area contributed by atoms with E-state index in [9.17, 15) is 0 Å². The minimum absolute atomic E-state index is 0. The van der Waals surface area contributed by atoms with Crippen LogP contribution in [0.25, 0.3) is 0 Å². The summed E-state index contributed by atoms with van der Waals surface area (Å²) in [7, 11) is 1.92. The summed E-state index contributed by atoms with van der Waals surface area (Å²) in [6.07, 6.45) is 2.43. The zero-order valence-corrected chi connectivity index (χ0v) is 13.2. The Morgan fingerprint density at radius 1 is 1.42 bits per heavy atom. The van der Waals surface area contributed by atoms with Crippen LogP contribution in [0.2, 0.25) is 4.34 Å². The second-order valence-corrected chi connectivity index (χ2v) is 6.00. The molecule has 0 saturated heterocycles. The average Bonchev–Trinajstić information content (AvgIpc) is 2.96. The van der Waals surface area contributed by atoms with Gasteiger partial charge in [-0.1, -0.05) is 16.8 Å². The maximum Gasteiger partial charge on any atom is 0.227 e. The summed E-state index contributed by atoms with van der Waals surface area (Å²) < 4.78 is 6.04. The molecule has 106 valence electrons. The van der Waals surface area contributed by atoms with Crippen LogP contribution in [0.5, 0.6) is 0 Å². The van der Waals surface area contributed by atoms with E-state index >= 15 is 0 Å². The van der Waals surface area contributed by atoms with Crippen LogP contribution in [0, 0.1) is 0 Å². The Morgan fingerprint density at radius 2 is 2.21 bits per heavy atom. The number of thiophene rings is 1. The number of nitrogens with one attached hydrogen (secondary N) is 1. The molecule has 1 N–H and O–H groups in total. The topological polar surface area (TPSA) is 51.0 Å². The number of likely N-dealkylation sites (N-methyl/N-ethyl adjacent to an activating group) is 1. The standard InChI is InChI=1S/C12H16ClN3OS.ClH/c1-8(14-2)7-11-15-12(17-16-11)6-4-9-3-5-10(13)18-9;/h3,5,8,14H,4,6-7H2,1-2H3;1H. The van der Waals surface area contributed by atoms with Crippen LogP contribution in [-0.4, -0.2) is 23.2 Å². The molecule has 0 spiro atoms. The molecule has 0 bridgehead atoms. The van der Waals surface area contributed by atoms with E-state index in [4.69, 9.17) is 16.1 Å². The van der Waals surface area contributed by atoms with E-state index in [2.05, 4.69) is 22.4 Å². The maximum absolute atomic E-state index is 5.88. The van der Waals surface area contributed by atoms with Gasteiger partial charge in [0.1, 0.15) is 0 Å². The van der Waals surface area contributed by atoms with Crippen molar-refractivity contribution in [3.8, 4) is 0 Å². The molecule has 0 aliphatic carbocycles. The molecule has 0 aromatic carbocycles. The van der Waals surface area contributed by atoms with E-state index in [0.29, 0.717) is 11.9 Å². The quantitative estimate of drug-likeness (QED) is 0.888. The average molecular weight is 322 g/mol. The van der Waals surface area contributed by atoms with Gasteiger partial charge in [0.2, 0.25) is 5.89 Å². The number of halogens is 2. The largest absolute Gasteiger partial charge is 0.339 e. The summed E-state index contributed by atoms with van der Waals surface area (Å²) in [4.78, 5) is 5.61. The second kappa shape index (κ2) is 7.85. The van der Waals surface area contributed by atoms with Crippen LogP contribution in [0.3, 0.4) is 0 Å².